The number of nitrogens with one attached hydrogen (secondary N) is 1. The van der Waals surface area contributed by atoms with Crippen LogP contribution in [0.2, 0.25) is 0 Å². The zero-order valence-electron chi connectivity index (χ0n) is 13.8. The van der Waals surface area contributed by atoms with Crippen molar-refractivity contribution in [2.45, 2.75) is 19.8 Å². The van der Waals surface area contributed by atoms with E-state index >= 15 is 0 Å². The summed E-state index contributed by atoms with van der Waals surface area (Å²) in [4.78, 5) is 12.4. The monoisotopic (exact) mass is 358 g/mol. The topological polar surface area (TPSA) is 137 Å². The number of hydrogen-bond acceptors (Lipinski definition) is 8. The highest BCUT2D eigenvalue weighted by Gasteiger charge is 2.23. The molecule has 1 amide bonds. The van der Waals surface area contributed by atoms with Gasteiger partial charge < -0.3 is 5.73 Å². The molecule has 26 heavy (non-hydrogen) atoms. The van der Waals surface area contributed by atoms with Gasteiger partial charge in [-0.05, 0) is 22.8 Å². The van der Waals surface area contributed by atoms with Gasteiger partial charge in [-0.25, -0.2) is 14.4 Å². The lowest BCUT2D eigenvalue weighted by molar-refractivity contribution is 0.0949. The van der Waals surface area contributed by atoms with E-state index in [-0.39, 0.29) is 22.9 Å². The Morgan fingerprint density at radius 2 is 2.23 bits per heavy atom. The summed E-state index contributed by atoms with van der Waals surface area (Å²) < 4.78 is 19.4. The van der Waals surface area contributed by atoms with Crippen LogP contribution >= 0.6 is 0 Å². The first-order chi connectivity index (χ1) is 12.6. The van der Waals surface area contributed by atoms with Gasteiger partial charge in [0.2, 0.25) is 11.6 Å². The molecule has 0 saturated carbocycles. The molecule has 3 N–H and O–H groups in total. The van der Waals surface area contributed by atoms with Crippen molar-refractivity contribution in [2.75, 3.05) is 5.73 Å². The zero-order chi connectivity index (χ0) is 18.5. The second-order valence-corrected chi connectivity index (χ2v) is 5.24. The summed E-state index contributed by atoms with van der Waals surface area (Å²) in [6.07, 6.45) is 2.41. The van der Waals surface area contributed by atoms with Gasteiger partial charge in [-0.3, -0.25) is 4.79 Å². The first kappa shape index (κ1) is 17.2. The molecule has 1 aromatic carbocycles. The van der Waals surface area contributed by atoms with E-state index in [1.54, 1.807) is 12.1 Å². The van der Waals surface area contributed by atoms with Gasteiger partial charge in [-0.2, -0.15) is 9.78 Å². The van der Waals surface area contributed by atoms with Gasteiger partial charge in [-0.15, -0.1) is 5.10 Å². The van der Waals surface area contributed by atoms with E-state index in [1.807, 2.05) is 6.92 Å². The number of hydrogen-bond donors (Lipinski definition) is 2. The number of aromatic nitrogens is 5. The number of nitrogens with two attached hydrogens (primary N) is 1. The highest BCUT2D eigenvalue weighted by Crippen LogP contribution is 2.17. The van der Waals surface area contributed by atoms with Crippen LogP contribution in [0.3, 0.4) is 0 Å². The summed E-state index contributed by atoms with van der Waals surface area (Å²) >= 11 is 0. The Labute approximate surface area is 146 Å². The van der Waals surface area contributed by atoms with Crippen LogP contribution in [-0.2, 0) is 6.42 Å². The SMILES string of the molecule is CCCc1c(C(=O)N/N=C\c2ccccc2F)nnn1-c1nonc1N. The van der Waals surface area contributed by atoms with E-state index in [0.29, 0.717) is 12.1 Å². The fraction of sp³-hybridized carbons (Fsp3) is 0.200. The second-order valence-electron chi connectivity index (χ2n) is 5.24. The van der Waals surface area contributed by atoms with Gasteiger partial charge in [0.15, 0.2) is 5.69 Å². The smallest absolute Gasteiger partial charge is 0.293 e. The lowest BCUT2D eigenvalue weighted by atomic mass is 10.2. The van der Waals surface area contributed by atoms with Gasteiger partial charge in [0.25, 0.3) is 5.91 Å². The predicted octanol–water partition coefficient (Wildman–Crippen LogP) is 1.09. The number of nitrogens with zero attached hydrogens (tertiary/aromatic N) is 6. The summed E-state index contributed by atoms with van der Waals surface area (Å²) in [5, 5.41) is 18.7. The molecule has 0 aliphatic rings. The molecule has 0 atom stereocenters. The molecule has 11 heteroatoms. The maximum absolute atomic E-state index is 13.5. The summed E-state index contributed by atoms with van der Waals surface area (Å²) in [7, 11) is 0. The minimum atomic E-state index is -0.595. The van der Waals surface area contributed by atoms with Gasteiger partial charge in [0, 0.05) is 5.56 Å². The summed E-state index contributed by atoms with van der Waals surface area (Å²) in [6.45, 7) is 1.93. The number of carbonyl (C=O) groups is 1. The molecular formula is C15H15FN8O2. The van der Waals surface area contributed by atoms with E-state index < -0.39 is 11.7 Å². The Hall–Kier alpha value is -3.63. The van der Waals surface area contributed by atoms with Crippen LogP contribution in [0.4, 0.5) is 10.2 Å². The van der Waals surface area contributed by atoms with Crippen molar-refractivity contribution in [3.8, 4) is 5.82 Å². The van der Waals surface area contributed by atoms with Crippen molar-refractivity contribution < 1.29 is 13.8 Å². The van der Waals surface area contributed by atoms with Crippen LogP contribution in [-0.4, -0.2) is 37.4 Å². The number of carbonyl (C=O) groups excluding carboxylic acids is 1. The van der Waals surface area contributed by atoms with E-state index in [9.17, 15) is 9.18 Å². The molecule has 10 nitrogen and oxygen atoms in total. The first-order valence-electron chi connectivity index (χ1n) is 7.72. The standard InChI is InChI=1S/C15H15FN8O2/c1-2-5-11-12(19-23-24(11)14-13(17)21-26-22-14)15(25)20-18-8-9-6-3-4-7-10(9)16/h3-4,6-8H,2,5H2,1H3,(H2,17,21)(H,20,25)/b18-8-. The zero-order valence-corrected chi connectivity index (χ0v) is 13.8. The third-order valence-corrected chi connectivity index (χ3v) is 3.44. The third kappa shape index (κ3) is 3.41. The van der Waals surface area contributed by atoms with Gasteiger partial charge in [0.05, 0.1) is 11.9 Å². The maximum Gasteiger partial charge on any atom is 0.293 e. The normalized spacial score (nSPS) is 11.2. The highest BCUT2D eigenvalue weighted by molar-refractivity contribution is 5.94. The lowest BCUT2D eigenvalue weighted by Crippen LogP contribution is -2.20. The fourth-order valence-corrected chi connectivity index (χ4v) is 2.24. The number of nitrogen functional groups attached to an aromatic ring is 1. The largest absolute Gasteiger partial charge is 0.378 e. The van der Waals surface area contributed by atoms with E-state index in [1.165, 1.54) is 23.0 Å². The van der Waals surface area contributed by atoms with E-state index in [0.717, 1.165) is 6.42 Å². The number of hydrazone groups is 1. The molecule has 134 valence electrons. The van der Waals surface area contributed by atoms with Crippen LogP contribution in [0.5, 0.6) is 0 Å². The molecule has 3 aromatic rings. The minimum Gasteiger partial charge on any atom is -0.378 e. The van der Waals surface area contributed by atoms with Crippen molar-refractivity contribution in [2.24, 2.45) is 5.10 Å². The quantitative estimate of drug-likeness (QED) is 0.497. The van der Waals surface area contributed by atoms with E-state index in [2.05, 4.69) is 35.8 Å². The molecular weight excluding hydrogens is 343 g/mol. The number of benzene rings is 1. The first-order valence-corrected chi connectivity index (χ1v) is 7.72. The second kappa shape index (κ2) is 7.51. The maximum atomic E-state index is 13.5. The number of amides is 1. The molecule has 0 bridgehead atoms. The minimum absolute atomic E-state index is 0.0248. The Morgan fingerprint density at radius 1 is 1.42 bits per heavy atom. The van der Waals surface area contributed by atoms with Crippen LogP contribution < -0.4 is 11.2 Å². The van der Waals surface area contributed by atoms with Crippen LogP contribution in [0.15, 0.2) is 34.0 Å². The molecule has 0 unspecified atom stereocenters. The Morgan fingerprint density at radius 3 is 2.92 bits per heavy atom. The molecule has 0 radical (unpaired) electrons. The van der Waals surface area contributed by atoms with Gasteiger partial charge in [-0.1, -0.05) is 36.8 Å². The number of anilines is 1. The van der Waals surface area contributed by atoms with Crippen LogP contribution in [0.1, 0.15) is 35.1 Å². The molecule has 0 aliphatic carbocycles. The average Bonchev–Trinajstić information content (AvgIpc) is 3.23. The molecule has 2 heterocycles. The van der Waals surface area contributed by atoms with Gasteiger partial charge >= 0.3 is 0 Å². The molecule has 0 saturated heterocycles. The third-order valence-electron chi connectivity index (χ3n) is 3.44. The molecule has 0 aliphatic heterocycles. The van der Waals surface area contributed by atoms with Crippen molar-refractivity contribution >= 4 is 17.9 Å². The van der Waals surface area contributed by atoms with Crippen molar-refractivity contribution in [1.82, 2.24) is 30.7 Å². The van der Waals surface area contributed by atoms with Crippen LogP contribution in [0.25, 0.3) is 5.82 Å². The lowest BCUT2D eigenvalue weighted by Gasteiger charge is -2.03. The molecule has 0 fully saturated rings. The Bertz CT molecular complexity index is 949. The number of halogens is 1. The van der Waals surface area contributed by atoms with Gasteiger partial charge in [0.1, 0.15) is 5.82 Å². The van der Waals surface area contributed by atoms with Crippen molar-refractivity contribution in [3.63, 3.8) is 0 Å². The summed E-state index contributed by atoms with van der Waals surface area (Å²) in [5.41, 5.74) is 8.75. The average molecular weight is 358 g/mol. The molecule has 0 spiro atoms. The van der Waals surface area contributed by atoms with Crippen molar-refractivity contribution in [1.29, 1.82) is 0 Å². The molecule has 3 rings (SSSR count). The van der Waals surface area contributed by atoms with Crippen molar-refractivity contribution in [3.05, 3.63) is 47.0 Å². The Balaban J connectivity index is 1.82. The highest BCUT2D eigenvalue weighted by atomic mass is 19.1. The molecule has 2 aromatic heterocycles. The fourth-order valence-electron chi connectivity index (χ4n) is 2.24. The predicted molar refractivity (Wildman–Crippen MR) is 89.1 cm³/mol. The summed E-state index contributed by atoms with van der Waals surface area (Å²) in [5.74, 6) is -0.869. The Kier molecular flexibility index (Phi) is 4.97. The summed E-state index contributed by atoms with van der Waals surface area (Å²) in [6, 6.07) is 6.05. The van der Waals surface area contributed by atoms with E-state index in [4.69, 9.17) is 5.73 Å². The number of rotatable bonds is 6. The van der Waals surface area contributed by atoms with Crippen LogP contribution in [0, 0.1) is 5.82 Å².